The lowest BCUT2D eigenvalue weighted by atomic mass is 11.5. The Morgan fingerprint density at radius 1 is 1.00 bits per heavy atom. The lowest BCUT2D eigenvalue weighted by molar-refractivity contribution is -0.400. The predicted octanol–water partition coefficient (Wildman–Crippen LogP) is -4.27. The van der Waals surface area contributed by atoms with Gasteiger partial charge < -0.3 is 9.79 Å². The van der Waals surface area contributed by atoms with Gasteiger partial charge >= 0.3 is 21.4 Å². The monoisotopic (exact) mass is 192 g/mol. The van der Waals surface area contributed by atoms with Crippen LogP contribution in [0.3, 0.4) is 0 Å². The highest BCUT2D eigenvalue weighted by molar-refractivity contribution is 7.75. The van der Waals surface area contributed by atoms with Crippen molar-refractivity contribution in [2.24, 2.45) is 0 Å². The van der Waals surface area contributed by atoms with Crippen molar-refractivity contribution in [2.75, 3.05) is 0 Å². The average molecular weight is 192 g/mol. The Hall–Kier alpha value is 0.580. The molecular weight excluding hydrogens is 184 g/mol. The van der Waals surface area contributed by atoms with Crippen molar-refractivity contribution in [1.29, 1.82) is 0 Å². The normalized spacial score (nSPS) is 14.4. The van der Waals surface area contributed by atoms with E-state index < -0.39 is 21.4 Å². The first kappa shape index (κ1) is 10.6. The standard InChI is InChI=1S/CH7NO6P2/c2-1(9(3,4)5)10(6,7)8/h1H,2H2,(H2,3,4,5)(H2,6,7,8)/p+1. The molecule has 9 heteroatoms. The summed E-state index contributed by atoms with van der Waals surface area (Å²) in [6.45, 7) is 0. The topological polar surface area (TPSA) is 155 Å². The molecule has 0 atom stereocenters. The van der Waals surface area contributed by atoms with E-state index in [1.54, 1.807) is 0 Å². The summed E-state index contributed by atoms with van der Waals surface area (Å²) in [6, 6.07) is 0. The lowest BCUT2D eigenvalue weighted by Crippen LogP contribution is -2.65. The Morgan fingerprint density at radius 2 is 1.20 bits per heavy atom. The summed E-state index contributed by atoms with van der Waals surface area (Å²) in [5.74, 6) is 0. The number of hydrogen-bond donors (Lipinski definition) is 5. The molecule has 7 N–H and O–H groups in total. The van der Waals surface area contributed by atoms with Crippen molar-refractivity contribution in [3.05, 3.63) is 0 Å². The van der Waals surface area contributed by atoms with E-state index in [1.165, 1.54) is 0 Å². The van der Waals surface area contributed by atoms with Gasteiger partial charge in [0.2, 0.25) is 0 Å². The second-order valence-corrected chi connectivity index (χ2v) is 5.67. The fraction of sp³-hybridized carbons (Fsp3) is 1.00. The van der Waals surface area contributed by atoms with Crippen molar-refractivity contribution in [3.63, 3.8) is 0 Å². The summed E-state index contributed by atoms with van der Waals surface area (Å²) in [5.41, 5.74) is 0.502. The van der Waals surface area contributed by atoms with Crippen molar-refractivity contribution in [1.82, 2.24) is 0 Å². The Balaban J connectivity index is 4.23. The van der Waals surface area contributed by atoms with Crippen molar-refractivity contribution in [3.8, 4) is 0 Å². The van der Waals surface area contributed by atoms with Crippen LogP contribution in [0.4, 0.5) is 0 Å². The molecule has 0 aromatic heterocycles. The maximum absolute atomic E-state index is 10.1. The molecule has 0 unspecified atom stereocenters. The Bertz CT molecular complexity index is 99.9. The molecule has 0 aromatic carbocycles. The SMILES string of the molecule is [NH3+]C([P+]([O-])(O)O)[P+]([O-])(O)O. The first-order chi connectivity index (χ1) is 4.15. The number of quaternary nitrogens is 1. The second-order valence-electron chi connectivity index (χ2n) is 1.66. The Labute approximate surface area is 57.5 Å². The van der Waals surface area contributed by atoms with Crippen LogP contribution >= 0.6 is 15.9 Å². The van der Waals surface area contributed by atoms with Gasteiger partial charge in [0, 0.05) is 0 Å². The zero-order valence-corrected chi connectivity index (χ0v) is 6.57. The van der Waals surface area contributed by atoms with Crippen LogP contribution in [0.1, 0.15) is 0 Å². The molecule has 0 spiro atoms. The lowest BCUT2D eigenvalue weighted by Gasteiger charge is -2.23. The summed E-state index contributed by atoms with van der Waals surface area (Å²) in [7, 11) is -9.51. The van der Waals surface area contributed by atoms with Gasteiger partial charge in [0.15, 0.2) is 0 Å². The van der Waals surface area contributed by atoms with Gasteiger partial charge in [0.1, 0.15) is 0 Å². The van der Waals surface area contributed by atoms with Gasteiger partial charge in [-0.25, -0.2) is 19.6 Å². The summed E-state index contributed by atoms with van der Waals surface area (Å²) in [4.78, 5) is 52.9. The van der Waals surface area contributed by atoms with Gasteiger partial charge in [-0.1, -0.05) is 0 Å². The first-order valence-electron chi connectivity index (χ1n) is 2.09. The highest BCUT2D eigenvalue weighted by Gasteiger charge is 2.52. The molecule has 62 valence electrons. The highest BCUT2D eigenvalue weighted by atomic mass is 31.3. The fourth-order valence-electron chi connectivity index (χ4n) is 0.196. The molecule has 0 heterocycles. The van der Waals surface area contributed by atoms with Crippen LogP contribution < -0.4 is 15.5 Å². The van der Waals surface area contributed by atoms with E-state index in [-0.39, 0.29) is 0 Å². The molecule has 0 aliphatic heterocycles. The maximum Gasteiger partial charge on any atom is 0.372 e. The smallest absolute Gasteiger partial charge is 0.372 e. The molecule has 7 nitrogen and oxygen atoms in total. The van der Waals surface area contributed by atoms with Gasteiger partial charge in [-0.05, 0) is 0 Å². The van der Waals surface area contributed by atoms with Crippen molar-refractivity contribution >= 4 is 15.9 Å². The van der Waals surface area contributed by atoms with E-state index in [9.17, 15) is 9.79 Å². The minimum Gasteiger partial charge on any atom is -0.624 e. The zero-order valence-electron chi connectivity index (χ0n) is 4.78. The van der Waals surface area contributed by atoms with E-state index in [1.807, 2.05) is 0 Å². The molecular formula is CH8NO6P2+. The van der Waals surface area contributed by atoms with Gasteiger partial charge in [-0.15, -0.1) is 0 Å². The third-order valence-electron chi connectivity index (χ3n) is 0.777. The highest BCUT2D eigenvalue weighted by Crippen LogP contribution is 2.60. The largest absolute Gasteiger partial charge is 0.624 e. The Morgan fingerprint density at radius 3 is 1.20 bits per heavy atom. The number of rotatable bonds is 2. The van der Waals surface area contributed by atoms with Crippen LogP contribution in [0, 0.1) is 0 Å². The predicted molar refractivity (Wildman–Crippen MR) is 29.4 cm³/mol. The van der Waals surface area contributed by atoms with Gasteiger partial charge in [0.25, 0.3) is 0 Å². The molecule has 0 saturated carbocycles. The minimum atomic E-state index is -4.75. The second kappa shape index (κ2) is 2.91. The summed E-state index contributed by atoms with van der Waals surface area (Å²) in [5, 5.41) is 0. The molecule has 0 aliphatic carbocycles. The summed E-state index contributed by atoms with van der Waals surface area (Å²) in [6.07, 6.45) is 0. The third-order valence-corrected chi connectivity index (χ3v) is 4.13. The molecule has 0 aromatic rings. The van der Waals surface area contributed by atoms with Crippen LogP contribution in [-0.4, -0.2) is 25.1 Å². The van der Waals surface area contributed by atoms with Crippen LogP contribution in [0.5, 0.6) is 0 Å². The van der Waals surface area contributed by atoms with E-state index in [2.05, 4.69) is 5.73 Å². The molecule has 0 saturated heterocycles. The minimum absolute atomic E-state index is 2.15. The molecule has 10 heavy (non-hydrogen) atoms. The van der Waals surface area contributed by atoms with Crippen LogP contribution in [0.25, 0.3) is 0 Å². The van der Waals surface area contributed by atoms with E-state index >= 15 is 0 Å². The van der Waals surface area contributed by atoms with Crippen LogP contribution in [0.15, 0.2) is 0 Å². The molecule has 0 aliphatic rings. The molecule has 0 bridgehead atoms. The fourth-order valence-corrected chi connectivity index (χ4v) is 1.76. The molecule has 0 fully saturated rings. The molecule has 0 radical (unpaired) electrons. The third kappa shape index (κ3) is 3.12. The number of hydrogen-bond acceptors (Lipinski definition) is 6. The maximum atomic E-state index is 10.1. The molecule has 0 amide bonds. The molecule has 0 rings (SSSR count). The first-order valence-corrected chi connectivity index (χ1v) is 5.45. The Kier molecular flexibility index (Phi) is 3.07. The quantitative estimate of drug-likeness (QED) is 0.279. The van der Waals surface area contributed by atoms with Crippen molar-refractivity contribution in [2.45, 2.75) is 5.52 Å². The van der Waals surface area contributed by atoms with Gasteiger partial charge in [-0.3, -0.25) is 5.73 Å². The van der Waals surface area contributed by atoms with E-state index in [0.29, 0.717) is 0 Å². The summed E-state index contributed by atoms with van der Waals surface area (Å²) < 4.78 is 0. The van der Waals surface area contributed by atoms with Crippen LogP contribution in [-0.2, 0) is 0 Å². The summed E-state index contributed by atoms with van der Waals surface area (Å²) >= 11 is 0. The van der Waals surface area contributed by atoms with E-state index in [4.69, 9.17) is 19.6 Å². The average Bonchev–Trinajstić information content (AvgIpc) is 1.59. The zero-order chi connectivity index (χ0) is 8.58. The van der Waals surface area contributed by atoms with Gasteiger partial charge in [-0.2, -0.15) is 0 Å². The van der Waals surface area contributed by atoms with E-state index in [0.717, 1.165) is 0 Å². The van der Waals surface area contributed by atoms with Crippen LogP contribution in [0.2, 0.25) is 0 Å². The van der Waals surface area contributed by atoms with Gasteiger partial charge in [0.05, 0.1) is 0 Å². The van der Waals surface area contributed by atoms with Crippen molar-refractivity contribution < 1.29 is 35.1 Å².